The van der Waals surface area contributed by atoms with Gasteiger partial charge in [0.25, 0.3) is 0 Å². The van der Waals surface area contributed by atoms with Gasteiger partial charge in [-0.25, -0.2) is 0 Å². The second-order valence-corrected chi connectivity index (χ2v) is 4.96. The highest BCUT2D eigenvalue weighted by molar-refractivity contribution is 9.10. The molecule has 2 N–H and O–H groups in total. The lowest BCUT2D eigenvalue weighted by Crippen LogP contribution is -2.13. The Bertz CT molecular complexity index is 572. The maximum Gasteiger partial charge on any atom is 0.127 e. The standard InChI is InChI=1S/C15H16BrNO2/c1-18-10-7-8-12(14(9-10)19-2)15(17)11-5-3-4-6-13(11)16/h3-9,15H,17H2,1-2H3. The van der Waals surface area contributed by atoms with Gasteiger partial charge < -0.3 is 15.2 Å². The van der Waals surface area contributed by atoms with Crippen LogP contribution in [0.4, 0.5) is 0 Å². The Morgan fingerprint density at radius 2 is 1.74 bits per heavy atom. The number of hydrogen-bond donors (Lipinski definition) is 1. The maximum absolute atomic E-state index is 6.33. The molecule has 2 aromatic rings. The summed E-state index contributed by atoms with van der Waals surface area (Å²) in [6.45, 7) is 0. The number of hydrogen-bond acceptors (Lipinski definition) is 3. The summed E-state index contributed by atoms with van der Waals surface area (Å²) in [6, 6.07) is 13.3. The average molecular weight is 322 g/mol. The lowest BCUT2D eigenvalue weighted by molar-refractivity contribution is 0.390. The molecule has 4 heteroatoms. The van der Waals surface area contributed by atoms with Gasteiger partial charge in [-0.1, -0.05) is 34.1 Å². The van der Waals surface area contributed by atoms with E-state index in [9.17, 15) is 0 Å². The van der Waals surface area contributed by atoms with E-state index in [1.54, 1.807) is 14.2 Å². The molecule has 0 radical (unpaired) electrons. The van der Waals surface area contributed by atoms with E-state index in [0.717, 1.165) is 27.1 Å². The molecule has 0 fully saturated rings. The molecule has 1 atom stereocenters. The zero-order valence-corrected chi connectivity index (χ0v) is 12.5. The van der Waals surface area contributed by atoms with Crippen LogP contribution >= 0.6 is 15.9 Å². The monoisotopic (exact) mass is 321 g/mol. The lowest BCUT2D eigenvalue weighted by atomic mass is 9.98. The molecular formula is C15H16BrNO2. The third kappa shape index (κ3) is 2.91. The molecule has 0 spiro atoms. The summed E-state index contributed by atoms with van der Waals surface area (Å²) in [5.41, 5.74) is 8.28. The summed E-state index contributed by atoms with van der Waals surface area (Å²) in [7, 11) is 3.26. The van der Waals surface area contributed by atoms with E-state index in [1.807, 2.05) is 42.5 Å². The molecule has 0 saturated heterocycles. The van der Waals surface area contributed by atoms with E-state index in [4.69, 9.17) is 15.2 Å². The Balaban J connectivity index is 2.44. The molecule has 0 bridgehead atoms. The van der Waals surface area contributed by atoms with Gasteiger partial charge in [-0.2, -0.15) is 0 Å². The molecular weight excluding hydrogens is 306 g/mol. The third-order valence-corrected chi connectivity index (χ3v) is 3.74. The van der Waals surface area contributed by atoms with Gasteiger partial charge in [0.15, 0.2) is 0 Å². The largest absolute Gasteiger partial charge is 0.497 e. The van der Waals surface area contributed by atoms with Crippen LogP contribution in [0.3, 0.4) is 0 Å². The summed E-state index contributed by atoms with van der Waals surface area (Å²) in [4.78, 5) is 0. The van der Waals surface area contributed by atoms with Crippen LogP contribution < -0.4 is 15.2 Å². The number of rotatable bonds is 4. The predicted octanol–water partition coefficient (Wildman–Crippen LogP) is 3.51. The molecule has 1 unspecified atom stereocenters. The van der Waals surface area contributed by atoms with Crippen molar-refractivity contribution in [3.63, 3.8) is 0 Å². The van der Waals surface area contributed by atoms with Crippen LogP contribution in [0.25, 0.3) is 0 Å². The lowest BCUT2D eigenvalue weighted by Gasteiger charge is -2.18. The Hall–Kier alpha value is -1.52. The fraction of sp³-hybridized carbons (Fsp3) is 0.200. The zero-order valence-electron chi connectivity index (χ0n) is 10.9. The maximum atomic E-state index is 6.33. The van der Waals surface area contributed by atoms with Crippen molar-refractivity contribution in [2.45, 2.75) is 6.04 Å². The van der Waals surface area contributed by atoms with Crippen molar-refractivity contribution in [3.05, 3.63) is 58.1 Å². The van der Waals surface area contributed by atoms with Gasteiger partial charge >= 0.3 is 0 Å². The molecule has 0 aliphatic rings. The molecule has 0 aliphatic heterocycles. The molecule has 0 heterocycles. The van der Waals surface area contributed by atoms with Crippen LogP contribution in [0.5, 0.6) is 11.5 Å². The highest BCUT2D eigenvalue weighted by Gasteiger charge is 2.16. The van der Waals surface area contributed by atoms with Crippen molar-refractivity contribution in [2.75, 3.05) is 14.2 Å². The topological polar surface area (TPSA) is 44.5 Å². The summed E-state index contributed by atoms with van der Waals surface area (Å²) >= 11 is 3.52. The number of halogens is 1. The summed E-state index contributed by atoms with van der Waals surface area (Å²) in [5, 5.41) is 0. The zero-order chi connectivity index (χ0) is 13.8. The Morgan fingerprint density at radius 1 is 1.00 bits per heavy atom. The van der Waals surface area contributed by atoms with Crippen molar-refractivity contribution < 1.29 is 9.47 Å². The third-order valence-electron chi connectivity index (χ3n) is 3.02. The van der Waals surface area contributed by atoms with Crippen LogP contribution in [0, 0.1) is 0 Å². The number of nitrogens with two attached hydrogens (primary N) is 1. The molecule has 2 rings (SSSR count). The molecule has 19 heavy (non-hydrogen) atoms. The highest BCUT2D eigenvalue weighted by atomic mass is 79.9. The smallest absolute Gasteiger partial charge is 0.127 e. The first-order chi connectivity index (χ1) is 9.17. The van der Waals surface area contributed by atoms with Crippen LogP contribution in [0.15, 0.2) is 46.9 Å². The first-order valence-electron chi connectivity index (χ1n) is 5.89. The molecule has 0 saturated carbocycles. The van der Waals surface area contributed by atoms with Gasteiger partial charge in [-0.3, -0.25) is 0 Å². The van der Waals surface area contributed by atoms with E-state index in [2.05, 4.69) is 15.9 Å². The summed E-state index contributed by atoms with van der Waals surface area (Å²) < 4.78 is 11.6. The van der Waals surface area contributed by atoms with Gasteiger partial charge in [0.2, 0.25) is 0 Å². The van der Waals surface area contributed by atoms with E-state index in [-0.39, 0.29) is 6.04 Å². The Labute approximate surface area is 121 Å². The second-order valence-electron chi connectivity index (χ2n) is 4.11. The van der Waals surface area contributed by atoms with E-state index < -0.39 is 0 Å². The normalized spacial score (nSPS) is 12.0. The van der Waals surface area contributed by atoms with Crippen LogP contribution in [0.2, 0.25) is 0 Å². The van der Waals surface area contributed by atoms with Crippen LogP contribution in [-0.4, -0.2) is 14.2 Å². The molecule has 100 valence electrons. The molecule has 0 amide bonds. The van der Waals surface area contributed by atoms with Crippen LogP contribution in [-0.2, 0) is 0 Å². The first kappa shape index (κ1) is 13.9. The number of ether oxygens (including phenoxy) is 2. The first-order valence-corrected chi connectivity index (χ1v) is 6.68. The van der Waals surface area contributed by atoms with Crippen molar-refractivity contribution in [1.82, 2.24) is 0 Å². The van der Waals surface area contributed by atoms with E-state index in [1.165, 1.54) is 0 Å². The van der Waals surface area contributed by atoms with Crippen molar-refractivity contribution in [1.29, 1.82) is 0 Å². The van der Waals surface area contributed by atoms with E-state index >= 15 is 0 Å². The number of benzene rings is 2. The van der Waals surface area contributed by atoms with Gasteiger partial charge in [0.05, 0.1) is 20.3 Å². The SMILES string of the molecule is COc1ccc(C(N)c2ccccc2Br)c(OC)c1. The minimum absolute atomic E-state index is 0.253. The van der Waals surface area contributed by atoms with Crippen LogP contribution in [0.1, 0.15) is 17.2 Å². The van der Waals surface area contributed by atoms with Gasteiger partial charge in [-0.05, 0) is 23.8 Å². The minimum Gasteiger partial charge on any atom is -0.497 e. The summed E-state index contributed by atoms with van der Waals surface area (Å²) in [5.74, 6) is 1.47. The van der Waals surface area contributed by atoms with Crippen molar-refractivity contribution in [3.8, 4) is 11.5 Å². The molecule has 2 aromatic carbocycles. The second kappa shape index (κ2) is 6.08. The summed E-state index contributed by atoms with van der Waals surface area (Å²) in [6.07, 6.45) is 0. The quantitative estimate of drug-likeness (QED) is 0.937. The molecule has 0 aliphatic carbocycles. The fourth-order valence-electron chi connectivity index (χ4n) is 1.97. The number of methoxy groups -OCH3 is 2. The fourth-order valence-corrected chi connectivity index (χ4v) is 2.50. The average Bonchev–Trinajstić information content (AvgIpc) is 2.46. The molecule has 0 aromatic heterocycles. The van der Waals surface area contributed by atoms with Gasteiger partial charge in [0.1, 0.15) is 11.5 Å². The van der Waals surface area contributed by atoms with Gasteiger partial charge in [0, 0.05) is 16.1 Å². The van der Waals surface area contributed by atoms with Crippen molar-refractivity contribution in [2.24, 2.45) is 5.73 Å². The van der Waals surface area contributed by atoms with Crippen molar-refractivity contribution >= 4 is 15.9 Å². The Morgan fingerprint density at radius 3 is 2.37 bits per heavy atom. The predicted molar refractivity (Wildman–Crippen MR) is 79.7 cm³/mol. The highest BCUT2D eigenvalue weighted by Crippen LogP contribution is 2.34. The van der Waals surface area contributed by atoms with E-state index in [0.29, 0.717) is 0 Å². The molecule has 3 nitrogen and oxygen atoms in total. The Kier molecular flexibility index (Phi) is 4.45. The minimum atomic E-state index is -0.253. The van der Waals surface area contributed by atoms with Gasteiger partial charge in [-0.15, -0.1) is 0 Å².